The van der Waals surface area contributed by atoms with Gasteiger partial charge in [0.2, 0.25) is 0 Å². The van der Waals surface area contributed by atoms with Crippen molar-refractivity contribution in [2.24, 2.45) is 0 Å². The molecule has 0 bridgehead atoms. The van der Waals surface area contributed by atoms with Crippen LogP contribution in [0.1, 0.15) is 32.2 Å². The summed E-state index contributed by atoms with van der Waals surface area (Å²) in [5.41, 5.74) is 1.18. The lowest BCUT2D eigenvalue weighted by molar-refractivity contribution is 0.0720. The van der Waals surface area contributed by atoms with Crippen LogP contribution < -0.4 is 5.69 Å². The number of aromatic nitrogens is 2. The van der Waals surface area contributed by atoms with Crippen LogP contribution in [0.5, 0.6) is 0 Å². The van der Waals surface area contributed by atoms with Gasteiger partial charge in [-0.25, -0.2) is 9.18 Å². The largest absolute Gasteiger partial charge is 0.469 e. The third-order valence-corrected chi connectivity index (χ3v) is 6.20. The Balaban J connectivity index is 1.48. The van der Waals surface area contributed by atoms with Gasteiger partial charge in [0.05, 0.1) is 18.1 Å². The molecular weight excluding hydrogens is 349 g/mol. The molecule has 4 rings (SSSR count). The summed E-state index contributed by atoms with van der Waals surface area (Å²) in [5, 5.41) is 7.88. The number of aromatic amines is 1. The number of ether oxygens (including phenoxy) is 1. The summed E-state index contributed by atoms with van der Waals surface area (Å²) in [7, 11) is 1.54. The number of fused-ring (bicyclic) bond motifs is 1. The molecule has 3 heterocycles. The van der Waals surface area contributed by atoms with Crippen molar-refractivity contribution in [1.29, 1.82) is 5.41 Å². The average molecular weight is 375 g/mol. The predicted molar refractivity (Wildman–Crippen MR) is 102 cm³/mol. The summed E-state index contributed by atoms with van der Waals surface area (Å²) >= 11 is 0. The summed E-state index contributed by atoms with van der Waals surface area (Å²) < 4.78 is 20.3. The molecule has 0 spiro atoms. The first-order valence-electron chi connectivity index (χ1n) is 9.43. The van der Waals surface area contributed by atoms with Gasteiger partial charge in [0, 0.05) is 37.8 Å². The number of H-pyrrole nitrogens is 1. The third-order valence-electron chi connectivity index (χ3n) is 6.20. The van der Waals surface area contributed by atoms with E-state index in [1.807, 2.05) is 4.90 Å². The van der Waals surface area contributed by atoms with Crippen LogP contribution in [0.4, 0.5) is 4.39 Å². The number of halogens is 1. The lowest BCUT2D eigenvalue weighted by Gasteiger charge is -2.43. The molecule has 0 radical (unpaired) electrons. The molecule has 2 aromatic rings. The smallest absolute Gasteiger partial charge is 0.326 e. The van der Waals surface area contributed by atoms with E-state index in [9.17, 15) is 9.18 Å². The fourth-order valence-electron chi connectivity index (χ4n) is 4.64. The van der Waals surface area contributed by atoms with Crippen molar-refractivity contribution < 1.29 is 9.13 Å². The first-order valence-corrected chi connectivity index (χ1v) is 9.43. The molecule has 1 atom stereocenters. The lowest BCUT2D eigenvalue weighted by atomic mass is 9.94. The van der Waals surface area contributed by atoms with Crippen molar-refractivity contribution in [1.82, 2.24) is 19.4 Å². The number of methoxy groups -OCH3 is 1. The number of benzene rings is 1. The second kappa shape index (κ2) is 6.67. The van der Waals surface area contributed by atoms with Crippen molar-refractivity contribution in [3.8, 4) is 0 Å². The molecule has 0 aliphatic carbocycles. The van der Waals surface area contributed by atoms with E-state index in [0.29, 0.717) is 5.52 Å². The molecule has 2 fully saturated rings. The Labute approximate surface area is 157 Å². The number of amidine groups is 1. The lowest BCUT2D eigenvalue weighted by Crippen LogP contribution is -2.52. The van der Waals surface area contributed by atoms with Crippen LogP contribution in [0.3, 0.4) is 0 Å². The van der Waals surface area contributed by atoms with E-state index in [2.05, 4.69) is 16.8 Å². The fourth-order valence-corrected chi connectivity index (χ4v) is 4.64. The molecule has 8 heteroatoms. The molecule has 1 aromatic heterocycles. The Morgan fingerprint density at radius 2 is 2.07 bits per heavy atom. The summed E-state index contributed by atoms with van der Waals surface area (Å²) in [6.07, 6.45) is 2.75. The highest BCUT2D eigenvalue weighted by Crippen LogP contribution is 2.33. The maximum absolute atomic E-state index is 13.4. The zero-order chi connectivity index (χ0) is 19.2. The van der Waals surface area contributed by atoms with Gasteiger partial charge < -0.3 is 14.6 Å². The van der Waals surface area contributed by atoms with Gasteiger partial charge in [-0.05, 0) is 44.4 Å². The molecular formula is C19H26FN5O2. The van der Waals surface area contributed by atoms with Gasteiger partial charge >= 0.3 is 5.69 Å². The molecule has 0 saturated carbocycles. The highest BCUT2D eigenvalue weighted by molar-refractivity contribution is 5.75. The number of piperidine rings is 1. The number of nitrogens with zero attached hydrogens (tertiary/aromatic N) is 3. The zero-order valence-electron chi connectivity index (χ0n) is 15.8. The summed E-state index contributed by atoms with van der Waals surface area (Å²) in [4.78, 5) is 19.7. The van der Waals surface area contributed by atoms with Crippen LogP contribution in [-0.2, 0) is 4.74 Å². The molecule has 1 unspecified atom stereocenters. The van der Waals surface area contributed by atoms with E-state index in [4.69, 9.17) is 10.1 Å². The van der Waals surface area contributed by atoms with Crippen molar-refractivity contribution >= 4 is 17.1 Å². The standard InChI is InChI=1S/C19H26FN5O2/c1-19(7-10-23(12-19)17(21)27-2)24-8-5-14(6-9-24)25-16-4-3-13(20)11-15(16)22-18(25)26/h3-4,11,14,21H,5-10,12H2,1-2H3,(H,22,26). The Hall–Kier alpha value is -2.35. The third kappa shape index (κ3) is 3.12. The summed E-state index contributed by atoms with van der Waals surface area (Å²) in [6.45, 7) is 5.66. The molecule has 1 aromatic carbocycles. The van der Waals surface area contributed by atoms with Gasteiger partial charge in [0.15, 0.2) is 0 Å². The van der Waals surface area contributed by atoms with E-state index in [0.717, 1.165) is 51.0 Å². The molecule has 2 saturated heterocycles. The SMILES string of the molecule is COC(=N)N1CCC(C)(N2CCC(n3c(=O)[nH]c4cc(F)ccc43)CC2)C1. The number of imidazole rings is 1. The minimum absolute atomic E-state index is 0.0180. The number of hydrogen-bond acceptors (Lipinski definition) is 4. The molecule has 2 aliphatic heterocycles. The van der Waals surface area contributed by atoms with Crippen LogP contribution in [-0.4, -0.2) is 64.2 Å². The first-order chi connectivity index (χ1) is 12.9. The average Bonchev–Trinajstić information content (AvgIpc) is 3.21. The van der Waals surface area contributed by atoms with E-state index < -0.39 is 0 Å². The second-order valence-corrected chi connectivity index (χ2v) is 7.86. The Bertz CT molecular complexity index is 914. The van der Waals surface area contributed by atoms with Crippen molar-refractivity contribution in [3.63, 3.8) is 0 Å². The van der Waals surface area contributed by atoms with Crippen LogP contribution in [0, 0.1) is 11.2 Å². The fraction of sp³-hybridized carbons (Fsp3) is 0.579. The number of rotatable bonds is 2. The topological polar surface area (TPSA) is 77.3 Å². The van der Waals surface area contributed by atoms with Crippen molar-refractivity contribution in [2.75, 3.05) is 33.3 Å². The quantitative estimate of drug-likeness (QED) is 0.623. The van der Waals surface area contributed by atoms with E-state index >= 15 is 0 Å². The monoisotopic (exact) mass is 375 g/mol. The minimum Gasteiger partial charge on any atom is -0.469 e. The molecule has 7 nitrogen and oxygen atoms in total. The van der Waals surface area contributed by atoms with Crippen molar-refractivity contribution in [2.45, 2.75) is 37.8 Å². The van der Waals surface area contributed by atoms with Crippen LogP contribution >= 0.6 is 0 Å². The predicted octanol–water partition coefficient (Wildman–Crippen LogP) is 2.15. The van der Waals surface area contributed by atoms with Crippen LogP contribution in [0.2, 0.25) is 0 Å². The Morgan fingerprint density at radius 1 is 1.33 bits per heavy atom. The molecule has 146 valence electrons. The Morgan fingerprint density at radius 3 is 2.78 bits per heavy atom. The van der Waals surface area contributed by atoms with Crippen LogP contribution in [0.25, 0.3) is 11.0 Å². The number of hydrogen-bond donors (Lipinski definition) is 2. The van der Waals surface area contributed by atoms with Gasteiger partial charge in [0.25, 0.3) is 6.02 Å². The Kier molecular flexibility index (Phi) is 4.46. The summed E-state index contributed by atoms with van der Waals surface area (Å²) in [5.74, 6) is -0.342. The second-order valence-electron chi connectivity index (χ2n) is 7.86. The maximum atomic E-state index is 13.4. The highest BCUT2D eigenvalue weighted by atomic mass is 19.1. The zero-order valence-corrected chi connectivity index (χ0v) is 15.8. The number of nitrogens with one attached hydrogen (secondary N) is 2. The van der Waals surface area contributed by atoms with Crippen LogP contribution in [0.15, 0.2) is 23.0 Å². The van der Waals surface area contributed by atoms with Gasteiger partial charge in [-0.1, -0.05) is 0 Å². The van der Waals surface area contributed by atoms with Gasteiger partial charge in [0.1, 0.15) is 5.82 Å². The normalized spacial score (nSPS) is 24.6. The van der Waals surface area contributed by atoms with Gasteiger partial charge in [-0.3, -0.25) is 14.9 Å². The van der Waals surface area contributed by atoms with Gasteiger partial charge in [-0.2, -0.15) is 0 Å². The van der Waals surface area contributed by atoms with Crippen molar-refractivity contribution in [3.05, 3.63) is 34.5 Å². The molecule has 2 aliphatic rings. The molecule has 2 N–H and O–H groups in total. The van der Waals surface area contributed by atoms with Gasteiger partial charge in [-0.15, -0.1) is 0 Å². The molecule has 27 heavy (non-hydrogen) atoms. The minimum atomic E-state index is -0.342. The highest BCUT2D eigenvalue weighted by Gasteiger charge is 2.41. The maximum Gasteiger partial charge on any atom is 0.326 e. The molecule has 0 amide bonds. The number of likely N-dealkylation sites (tertiary alicyclic amines) is 2. The van der Waals surface area contributed by atoms with E-state index in [-0.39, 0.29) is 29.1 Å². The van der Waals surface area contributed by atoms with E-state index in [1.165, 1.54) is 19.2 Å². The van der Waals surface area contributed by atoms with E-state index in [1.54, 1.807) is 10.6 Å². The first kappa shape index (κ1) is 18.0. The summed E-state index contributed by atoms with van der Waals surface area (Å²) in [6, 6.07) is 4.81.